The number of esters is 2. The number of phenolic OH excluding ortho intramolecular Hbond substituents is 2. The third-order valence-corrected chi connectivity index (χ3v) is 6.07. The fraction of sp³-hybridized carbons (Fsp3) is 0.235. The lowest BCUT2D eigenvalue weighted by Crippen LogP contribution is -2.23. The second-order valence-corrected chi connectivity index (χ2v) is 9.77. The summed E-state index contributed by atoms with van der Waals surface area (Å²) in [5.41, 5.74) is 0.643. The number of para-hydroxylation sites is 4. The molecule has 0 aliphatic carbocycles. The topological polar surface area (TPSA) is 130 Å². The highest BCUT2D eigenvalue weighted by atomic mass is 16.6. The summed E-state index contributed by atoms with van der Waals surface area (Å²) in [6, 6.07) is 25.5. The van der Waals surface area contributed by atoms with E-state index in [1.54, 1.807) is 72.8 Å². The lowest BCUT2D eigenvalue weighted by molar-refractivity contribution is -0.00160. The third-order valence-electron chi connectivity index (χ3n) is 6.07. The zero-order valence-corrected chi connectivity index (χ0v) is 24.4. The second kappa shape index (κ2) is 16.0. The molecule has 10 heteroatoms. The van der Waals surface area contributed by atoms with E-state index < -0.39 is 11.9 Å². The van der Waals surface area contributed by atoms with E-state index >= 15 is 0 Å². The van der Waals surface area contributed by atoms with Gasteiger partial charge < -0.3 is 38.6 Å². The molecule has 0 bridgehead atoms. The van der Waals surface area contributed by atoms with E-state index in [0.717, 1.165) is 0 Å². The molecule has 44 heavy (non-hydrogen) atoms. The van der Waals surface area contributed by atoms with Crippen molar-refractivity contribution in [3.63, 3.8) is 0 Å². The van der Waals surface area contributed by atoms with Crippen LogP contribution in [0.15, 0.2) is 97.1 Å². The summed E-state index contributed by atoms with van der Waals surface area (Å²) in [6.45, 7) is 5.15. The number of rotatable bonds is 15. The van der Waals surface area contributed by atoms with E-state index in [4.69, 9.17) is 28.4 Å². The number of ether oxygens (including phenoxy) is 6. The fourth-order valence-electron chi connectivity index (χ4n) is 3.89. The Morgan fingerprint density at radius 1 is 0.568 bits per heavy atom. The highest BCUT2D eigenvalue weighted by molar-refractivity contribution is 5.92. The molecule has 4 aromatic rings. The van der Waals surface area contributed by atoms with Gasteiger partial charge in [0.2, 0.25) is 0 Å². The molecule has 10 nitrogen and oxygen atoms in total. The summed E-state index contributed by atoms with van der Waals surface area (Å²) < 4.78 is 33.4. The van der Waals surface area contributed by atoms with Crippen molar-refractivity contribution in [2.45, 2.75) is 26.1 Å². The van der Waals surface area contributed by atoms with Gasteiger partial charge in [-0.15, -0.1) is 0 Å². The first-order chi connectivity index (χ1) is 21.3. The number of hydrogen-bond donors (Lipinski definition) is 2. The highest BCUT2D eigenvalue weighted by Crippen LogP contribution is 2.27. The minimum absolute atomic E-state index is 0.0906. The van der Waals surface area contributed by atoms with E-state index in [2.05, 4.69) is 0 Å². The number of phenols is 2. The van der Waals surface area contributed by atoms with Gasteiger partial charge in [0.1, 0.15) is 23.7 Å². The van der Waals surface area contributed by atoms with Gasteiger partial charge >= 0.3 is 11.9 Å². The van der Waals surface area contributed by atoms with Crippen LogP contribution in [0.5, 0.6) is 34.5 Å². The van der Waals surface area contributed by atoms with Crippen LogP contribution in [0.4, 0.5) is 0 Å². The maximum Gasteiger partial charge on any atom is 0.343 e. The predicted molar refractivity (Wildman–Crippen MR) is 161 cm³/mol. The van der Waals surface area contributed by atoms with Crippen LogP contribution in [0.2, 0.25) is 0 Å². The molecular weight excluding hydrogens is 568 g/mol. The molecule has 0 aromatic heterocycles. The summed E-state index contributed by atoms with van der Waals surface area (Å²) in [6.07, 6.45) is -0.482. The summed E-state index contributed by atoms with van der Waals surface area (Å²) in [4.78, 5) is 24.6. The molecule has 0 aliphatic heterocycles. The lowest BCUT2D eigenvalue weighted by Gasteiger charge is -2.17. The van der Waals surface area contributed by atoms with E-state index in [1.807, 2.05) is 13.8 Å². The number of carbonyl (C=O) groups is 2. The molecule has 2 unspecified atom stereocenters. The summed E-state index contributed by atoms with van der Waals surface area (Å²) in [7, 11) is 0. The smallest absolute Gasteiger partial charge is 0.343 e. The van der Waals surface area contributed by atoms with Crippen molar-refractivity contribution in [3.8, 4) is 34.5 Å². The Morgan fingerprint density at radius 3 is 1.30 bits per heavy atom. The normalized spacial score (nSPS) is 12.1. The first-order valence-corrected chi connectivity index (χ1v) is 14.0. The monoisotopic (exact) mass is 602 g/mol. The minimum Gasteiger partial charge on any atom is -0.504 e. The van der Waals surface area contributed by atoms with Crippen LogP contribution in [0.25, 0.3) is 0 Å². The molecular formula is C34H34O10. The van der Waals surface area contributed by atoms with E-state index in [1.165, 1.54) is 24.3 Å². The molecule has 2 N–H and O–H groups in total. The molecule has 0 spiro atoms. The van der Waals surface area contributed by atoms with E-state index in [0.29, 0.717) is 49.1 Å². The van der Waals surface area contributed by atoms with E-state index in [-0.39, 0.29) is 35.2 Å². The van der Waals surface area contributed by atoms with Crippen molar-refractivity contribution < 1.29 is 48.2 Å². The van der Waals surface area contributed by atoms with Crippen molar-refractivity contribution in [3.05, 3.63) is 108 Å². The second-order valence-electron chi connectivity index (χ2n) is 9.77. The molecule has 0 heterocycles. The molecule has 2 atom stereocenters. The number of carbonyl (C=O) groups excluding carboxylic acids is 2. The Kier molecular flexibility index (Phi) is 11.6. The maximum atomic E-state index is 12.3. The minimum atomic E-state index is -0.587. The largest absolute Gasteiger partial charge is 0.504 e. The Balaban J connectivity index is 1.08. The average Bonchev–Trinajstić information content (AvgIpc) is 3.02. The van der Waals surface area contributed by atoms with Crippen LogP contribution in [0.1, 0.15) is 34.6 Å². The van der Waals surface area contributed by atoms with Crippen LogP contribution in [0.3, 0.4) is 0 Å². The lowest BCUT2D eigenvalue weighted by atomic mass is 10.2. The number of hydrogen-bond acceptors (Lipinski definition) is 10. The molecule has 0 saturated carbocycles. The van der Waals surface area contributed by atoms with Gasteiger partial charge in [-0.2, -0.15) is 0 Å². The van der Waals surface area contributed by atoms with Crippen LogP contribution in [-0.4, -0.2) is 60.8 Å². The molecule has 4 rings (SSSR count). The third kappa shape index (κ3) is 9.75. The van der Waals surface area contributed by atoms with Gasteiger partial charge in [0.25, 0.3) is 0 Å². The Bertz CT molecular complexity index is 1390. The first kappa shape index (κ1) is 31.9. The standard InChI is InChI=1S/C34H34O10/c1-23(41-27-15-11-25(12-16-27)33(37)43-31-9-5-3-7-29(31)35)21-39-19-20-40-22-24(2)42-28-17-13-26(14-18-28)34(38)44-32-10-6-4-8-30(32)36/h3-18,23-24,35-36H,19-22H2,1-2H3. The summed E-state index contributed by atoms with van der Waals surface area (Å²) in [5.74, 6) is -0.0733. The zero-order valence-electron chi connectivity index (χ0n) is 24.4. The Labute approximate surface area is 255 Å². The fourth-order valence-corrected chi connectivity index (χ4v) is 3.89. The van der Waals surface area contributed by atoms with Gasteiger partial charge in [-0.3, -0.25) is 0 Å². The number of aromatic hydroxyl groups is 2. The highest BCUT2D eigenvalue weighted by Gasteiger charge is 2.14. The van der Waals surface area contributed by atoms with Crippen LogP contribution in [0, 0.1) is 0 Å². The van der Waals surface area contributed by atoms with Crippen molar-refractivity contribution in [1.29, 1.82) is 0 Å². The molecule has 230 valence electrons. The van der Waals surface area contributed by atoms with Crippen LogP contribution < -0.4 is 18.9 Å². The van der Waals surface area contributed by atoms with Gasteiger partial charge in [0, 0.05) is 0 Å². The molecule has 0 aliphatic rings. The van der Waals surface area contributed by atoms with Gasteiger partial charge in [0.15, 0.2) is 23.0 Å². The van der Waals surface area contributed by atoms with Gasteiger partial charge in [0.05, 0.1) is 37.6 Å². The quantitative estimate of drug-likeness (QED) is 0.0978. The first-order valence-electron chi connectivity index (χ1n) is 14.0. The van der Waals surface area contributed by atoms with Crippen molar-refractivity contribution in [1.82, 2.24) is 0 Å². The molecule has 0 saturated heterocycles. The molecule has 0 fully saturated rings. The average molecular weight is 603 g/mol. The Hall–Kier alpha value is -5.06. The summed E-state index contributed by atoms with van der Waals surface area (Å²) >= 11 is 0. The van der Waals surface area contributed by atoms with Crippen LogP contribution in [-0.2, 0) is 9.47 Å². The summed E-state index contributed by atoms with van der Waals surface area (Å²) in [5, 5.41) is 19.5. The van der Waals surface area contributed by atoms with E-state index in [9.17, 15) is 19.8 Å². The number of benzene rings is 4. The van der Waals surface area contributed by atoms with Crippen molar-refractivity contribution >= 4 is 11.9 Å². The molecule has 0 radical (unpaired) electrons. The van der Waals surface area contributed by atoms with Crippen molar-refractivity contribution in [2.75, 3.05) is 26.4 Å². The molecule has 4 aromatic carbocycles. The van der Waals surface area contributed by atoms with Crippen LogP contribution >= 0.6 is 0 Å². The Morgan fingerprint density at radius 2 is 0.932 bits per heavy atom. The maximum absolute atomic E-state index is 12.3. The predicted octanol–water partition coefficient (Wildman–Crippen LogP) is 5.80. The SMILES string of the molecule is CC(COCCOCC(C)Oc1ccc(C(=O)Oc2ccccc2O)cc1)Oc1ccc(C(=O)Oc2ccccc2O)cc1. The van der Waals surface area contributed by atoms with Gasteiger partial charge in [-0.05, 0) is 86.6 Å². The van der Waals surface area contributed by atoms with Crippen molar-refractivity contribution in [2.24, 2.45) is 0 Å². The zero-order chi connectivity index (χ0) is 31.3. The van der Waals surface area contributed by atoms with Gasteiger partial charge in [-0.1, -0.05) is 24.3 Å². The molecule has 0 amide bonds. The van der Waals surface area contributed by atoms with Gasteiger partial charge in [-0.25, -0.2) is 9.59 Å².